The number of anilines is 1. The Bertz CT molecular complexity index is 1420. The SMILES string of the molecule is CC(=O)Oc1cc(OC(C)=O)c2c(=O)c3cccc(/C=N\Nc4ccccc4)c3oc2c1. The van der Waals surface area contributed by atoms with Crippen LogP contribution in [0, 0.1) is 0 Å². The first kappa shape index (κ1) is 20.8. The fourth-order valence-electron chi connectivity index (χ4n) is 3.21. The lowest BCUT2D eigenvalue weighted by molar-refractivity contribution is -0.132. The number of esters is 2. The van der Waals surface area contributed by atoms with Gasteiger partial charge in [-0.05, 0) is 24.3 Å². The van der Waals surface area contributed by atoms with Gasteiger partial charge in [0.1, 0.15) is 28.1 Å². The van der Waals surface area contributed by atoms with E-state index in [1.54, 1.807) is 18.2 Å². The van der Waals surface area contributed by atoms with Gasteiger partial charge in [-0.3, -0.25) is 19.8 Å². The van der Waals surface area contributed by atoms with Crippen LogP contribution in [0.15, 0.2) is 75.0 Å². The normalized spacial score (nSPS) is 11.1. The number of hydrogen-bond acceptors (Lipinski definition) is 8. The average Bonchev–Trinajstić information content (AvgIpc) is 2.74. The molecule has 1 N–H and O–H groups in total. The number of para-hydroxylation sites is 2. The molecule has 8 nitrogen and oxygen atoms in total. The number of rotatable bonds is 5. The molecule has 0 atom stereocenters. The average molecular weight is 430 g/mol. The maximum atomic E-state index is 13.3. The fourth-order valence-corrected chi connectivity index (χ4v) is 3.21. The highest BCUT2D eigenvalue weighted by Crippen LogP contribution is 2.32. The van der Waals surface area contributed by atoms with Crippen LogP contribution in [0.3, 0.4) is 0 Å². The van der Waals surface area contributed by atoms with E-state index in [9.17, 15) is 14.4 Å². The monoisotopic (exact) mass is 430 g/mol. The highest BCUT2D eigenvalue weighted by Gasteiger charge is 2.18. The Morgan fingerprint density at radius 2 is 1.72 bits per heavy atom. The number of hydrogen-bond donors (Lipinski definition) is 1. The number of nitrogens with one attached hydrogen (secondary N) is 1. The third kappa shape index (κ3) is 4.34. The topological polar surface area (TPSA) is 107 Å². The molecule has 160 valence electrons. The molecule has 0 aliphatic rings. The van der Waals surface area contributed by atoms with Crippen molar-refractivity contribution in [3.63, 3.8) is 0 Å². The van der Waals surface area contributed by atoms with E-state index in [0.717, 1.165) is 5.69 Å². The first-order chi connectivity index (χ1) is 15.4. The molecule has 32 heavy (non-hydrogen) atoms. The zero-order valence-corrected chi connectivity index (χ0v) is 17.2. The first-order valence-electron chi connectivity index (χ1n) is 9.67. The summed E-state index contributed by atoms with van der Waals surface area (Å²) in [6.07, 6.45) is 1.53. The summed E-state index contributed by atoms with van der Waals surface area (Å²) in [7, 11) is 0. The Kier molecular flexibility index (Phi) is 5.67. The lowest BCUT2D eigenvalue weighted by Gasteiger charge is -2.10. The lowest BCUT2D eigenvalue weighted by atomic mass is 10.1. The van der Waals surface area contributed by atoms with Crippen LogP contribution in [0.1, 0.15) is 19.4 Å². The summed E-state index contributed by atoms with van der Waals surface area (Å²) < 4.78 is 16.3. The maximum Gasteiger partial charge on any atom is 0.308 e. The molecule has 1 heterocycles. The highest BCUT2D eigenvalue weighted by molar-refractivity contribution is 6.01. The highest BCUT2D eigenvalue weighted by atomic mass is 16.5. The molecule has 0 radical (unpaired) electrons. The summed E-state index contributed by atoms with van der Waals surface area (Å²) in [5, 5.41) is 4.57. The summed E-state index contributed by atoms with van der Waals surface area (Å²) >= 11 is 0. The van der Waals surface area contributed by atoms with Crippen LogP contribution < -0.4 is 20.3 Å². The molecular formula is C24H18N2O6. The van der Waals surface area contributed by atoms with Gasteiger partial charge in [-0.15, -0.1) is 0 Å². The molecule has 0 bridgehead atoms. The molecule has 1 aromatic heterocycles. The van der Waals surface area contributed by atoms with Crippen molar-refractivity contribution in [1.29, 1.82) is 0 Å². The second-order valence-corrected chi connectivity index (χ2v) is 6.87. The minimum atomic E-state index is -0.626. The van der Waals surface area contributed by atoms with E-state index in [4.69, 9.17) is 13.9 Å². The van der Waals surface area contributed by atoms with E-state index >= 15 is 0 Å². The van der Waals surface area contributed by atoms with Gasteiger partial charge in [0.15, 0.2) is 0 Å². The van der Waals surface area contributed by atoms with Gasteiger partial charge in [-0.25, -0.2) is 0 Å². The zero-order valence-electron chi connectivity index (χ0n) is 17.2. The van der Waals surface area contributed by atoms with Crippen molar-refractivity contribution in [2.75, 3.05) is 5.43 Å². The van der Waals surface area contributed by atoms with Gasteiger partial charge < -0.3 is 13.9 Å². The van der Waals surface area contributed by atoms with Gasteiger partial charge in [-0.2, -0.15) is 5.10 Å². The maximum absolute atomic E-state index is 13.3. The summed E-state index contributed by atoms with van der Waals surface area (Å²) in [5.41, 5.74) is 4.26. The number of nitrogens with zero attached hydrogens (tertiary/aromatic N) is 1. The molecule has 0 fully saturated rings. The molecule has 0 amide bonds. The van der Waals surface area contributed by atoms with E-state index in [2.05, 4.69) is 10.5 Å². The molecule has 0 aliphatic heterocycles. The van der Waals surface area contributed by atoms with Gasteiger partial charge in [0.05, 0.1) is 17.3 Å². The number of carbonyl (C=O) groups is 2. The third-order valence-corrected chi connectivity index (χ3v) is 4.46. The van der Waals surface area contributed by atoms with E-state index < -0.39 is 17.4 Å². The van der Waals surface area contributed by atoms with Crippen LogP contribution in [-0.4, -0.2) is 18.2 Å². The van der Waals surface area contributed by atoms with Crippen LogP contribution in [0.5, 0.6) is 11.5 Å². The van der Waals surface area contributed by atoms with Crippen molar-refractivity contribution in [3.05, 3.63) is 76.5 Å². The van der Waals surface area contributed by atoms with Gasteiger partial charge in [0.2, 0.25) is 5.43 Å². The lowest BCUT2D eigenvalue weighted by Crippen LogP contribution is -2.10. The molecule has 8 heteroatoms. The standard InChI is InChI=1S/C24H18N2O6/c1-14(27)30-18-11-20(31-15(2)28)22-21(12-18)32-24-16(7-6-10-19(24)23(22)29)13-25-26-17-8-4-3-5-9-17/h3-13,26H,1-2H3/b25-13-. The smallest absolute Gasteiger partial charge is 0.308 e. The molecule has 0 spiro atoms. The molecule has 4 aromatic rings. The molecule has 0 saturated carbocycles. The Morgan fingerprint density at radius 1 is 0.969 bits per heavy atom. The number of hydrazone groups is 1. The van der Waals surface area contributed by atoms with Crippen molar-refractivity contribution < 1.29 is 23.5 Å². The van der Waals surface area contributed by atoms with E-state index in [1.807, 2.05) is 30.3 Å². The number of ether oxygens (including phenoxy) is 2. The quantitative estimate of drug-likeness (QED) is 0.166. The summed E-state index contributed by atoms with van der Waals surface area (Å²) in [4.78, 5) is 36.2. The van der Waals surface area contributed by atoms with Crippen molar-refractivity contribution in [2.24, 2.45) is 5.10 Å². The second kappa shape index (κ2) is 8.73. The van der Waals surface area contributed by atoms with Crippen molar-refractivity contribution >= 4 is 45.8 Å². The van der Waals surface area contributed by atoms with E-state index in [0.29, 0.717) is 5.56 Å². The summed E-state index contributed by atoms with van der Waals surface area (Å²) in [6.45, 7) is 2.45. The Labute approximate surface area is 182 Å². The van der Waals surface area contributed by atoms with Crippen molar-refractivity contribution in [2.45, 2.75) is 13.8 Å². The molecule has 0 unspecified atom stereocenters. The first-order valence-corrected chi connectivity index (χ1v) is 9.67. The molecular weight excluding hydrogens is 412 g/mol. The van der Waals surface area contributed by atoms with Gasteiger partial charge in [0, 0.05) is 31.5 Å². The minimum absolute atomic E-state index is 0.0493. The van der Waals surface area contributed by atoms with Crippen LogP contribution in [0.25, 0.3) is 21.9 Å². The predicted octanol–water partition coefficient (Wildman–Crippen LogP) is 4.24. The Hall–Kier alpha value is -4.46. The number of benzene rings is 3. The molecule has 4 rings (SSSR count). The fraction of sp³-hybridized carbons (Fsp3) is 0.0833. The Morgan fingerprint density at radius 3 is 2.44 bits per heavy atom. The largest absolute Gasteiger partial charge is 0.455 e. The predicted molar refractivity (Wildman–Crippen MR) is 120 cm³/mol. The van der Waals surface area contributed by atoms with Gasteiger partial charge >= 0.3 is 11.9 Å². The summed E-state index contributed by atoms with van der Waals surface area (Å²) in [6, 6.07) is 17.1. The third-order valence-electron chi connectivity index (χ3n) is 4.46. The van der Waals surface area contributed by atoms with Crippen LogP contribution in [0.4, 0.5) is 5.69 Å². The molecule has 0 saturated heterocycles. The second-order valence-electron chi connectivity index (χ2n) is 6.87. The number of carbonyl (C=O) groups excluding carboxylic acids is 2. The van der Waals surface area contributed by atoms with Gasteiger partial charge in [-0.1, -0.05) is 24.3 Å². The molecule has 3 aromatic carbocycles. The van der Waals surface area contributed by atoms with Gasteiger partial charge in [0.25, 0.3) is 0 Å². The van der Waals surface area contributed by atoms with Crippen molar-refractivity contribution in [1.82, 2.24) is 0 Å². The minimum Gasteiger partial charge on any atom is -0.455 e. The molecule has 0 aliphatic carbocycles. The zero-order chi connectivity index (χ0) is 22.7. The Balaban J connectivity index is 1.87. The summed E-state index contributed by atoms with van der Waals surface area (Å²) in [5.74, 6) is -1.16. The van der Waals surface area contributed by atoms with Crippen LogP contribution >= 0.6 is 0 Å². The van der Waals surface area contributed by atoms with Crippen LogP contribution in [-0.2, 0) is 9.59 Å². The van der Waals surface area contributed by atoms with E-state index in [-0.39, 0.29) is 33.4 Å². The van der Waals surface area contributed by atoms with Crippen LogP contribution in [0.2, 0.25) is 0 Å². The van der Waals surface area contributed by atoms with E-state index in [1.165, 1.54) is 32.2 Å². The van der Waals surface area contributed by atoms with Crippen molar-refractivity contribution in [3.8, 4) is 11.5 Å². The number of fused-ring (bicyclic) bond motifs is 2.